The Morgan fingerprint density at radius 3 is 2.77 bits per heavy atom. The minimum atomic E-state index is 0.560. The van der Waals surface area contributed by atoms with Gasteiger partial charge in [-0.25, -0.2) is 0 Å². The van der Waals surface area contributed by atoms with Gasteiger partial charge in [-0.2, -0.15) is 0 Å². The van der Waals surface area contributed by atoms with Crippen LogP contribution in [0.1, 0.15) is 48.7 Å². The lowest BCUT2D eigenvalue weighted by Gasteiger charge is -2.09. The van der Waals surface area contributed by atoms with Gasteiger partial charge in [-0.05, 0) is 49.3 Å². The van der Waals surface area contributed by atoms with Crippen LogP contribution >= 0.6 is 0 Å². The van der Waals surface area contributed by atoms with Gasteiger partial charge in [0, 0.05) is 11.4 Å². The van der Waals surface area contributed by atoms with E-state index in [1.807, 2.05) is 0 Å². The van der Waals surface area contributed by atoms with E-state index < -0.39 is 0 Å². The van der Waals surface area contributed by atoms with E-state index in [2.05, 4.69) is 26.8 Å². The van der Waals surface area contributed by atoms with Crippen LogP contribution in [-0.2, 0) is 12.8 Å². The van der Waals surface area contributed by atoms with Gasteiger partial charge in [0.2, 0.25) is 0 Å². The highest BCUT2D eigenvalue weighted by atomic mass is 14.7. The summed E-state index contributed by atoms with van der Waals surface area (Å²) in [7, 11) is 0. The molecule has 13 heavy (non-hydrogen) atoms. The summed E-state index contributed by atoms with van der Waals surface area (Å²) >= 11 is 0. The minimum Gasteiger partial charge on any atom is -0.257 e. The number of nitrogens with zero attached hydrogens (tertiary/aromatic N) is 1. The van der Waals surface area contributed by atoms with Crippen molar-refractivity contribution < 1.29 is 0 Å². The van der Waals surface area contributed by atoms with Crippen LogP contribution in [0, 0.1) is 6.92 Å². The maximum absolute atomic E-state index is 4.71. The largest absolute Gasteiger partial charge is 0.257 e. The summed E-state index contributed by atoms with van der Waals surface area (Å²) in [5, 5.41) is 0. The predicted molar refractivity (Wildman–Crippen MR) is 55.1 cm³/mol. The van der Waals surface area contributed by atoms with Crippen LogP contribution in [0.25, 0.3) is 0 Å². The Hall–Kier alpha value is -0.850. The number of hydrogen-bond donors (Lipinski definition) is 0. The van der Waals surface area contributed by atoms with Crippen molar-refractivity contribution in [2.45, 2.75) is 46.0 Å². The van der Waals surface area contributed by atoms with Crippen molar-refractivity contribution in [2.75, 3.05) is 0 Å². The van der Waals surface area contributed by atoms with E-state index >= 15 is 0 Å². The van der Waals surface area contributed by atoms with E-state index in [1.165, 1.54) is 41.8 Å². The molecule has 2 rings (SSSR count). The van der Waals surface area contributed by atoms with Crippen LogP contribution < -0.4 is 0 Å². The van der Waals surface area contributed by atoms with Crippen LogP contribution in [0.4, 0.5) is 0 Å². The van der Waals surface area contributed by atoms with Crippen molar-refractivity contribution in [3.63, 3.8) is 0 Å². The molecule has 1 aromatic rings. The summed E-state index contributed by atoms with van der Waals surface area (Å²) in [6.07, 6.45) is 3.73. The standard InChI is InChI=1S/C12H17N/c1-8(2)12-7-9(3)10-5-4-6-11(10)13-12/h7-8H,4-6H2,1-3H3. The van der Waals surface area contributed by atoms with Crippen LogP contribution in [0.5, 0.6) is 0 Å². The minimum absolute atomic E-state index is 0.560. The second kappa shape index (κ2) is 3.13. The molecule has 1 aliphatic rings. The number of hydrogen-bond acceptors (Lipinski definition) is 1. The molecule has 0 aromatic carbocycles. The first-order valence-corrected chi connectivity index (χ1v) is 5.18. The van der Waals surface area contributed by atoms with E-state index in [9.17, 15) is 0 Å². The first-order valence-electron chi connectivity index (χ1n) is 5.18. The fourth-order valence-corrected chi connectivity index (χ4v) is 2.07. The first kappa shape index (κ1) is 8.74. The van der Waals surface area contributed by atoms with Crippen LogP contribution in [-0.4, -0.2) is 4.98 Å². The summed E-state index contributed by atoms with van der Waals surface area (Å²) in [6.45, 7) is 6.64. The molecule has 0 atom stereocenters. The Bertz CT molecular complexity index is 326. The summed E-state index contributed by atoms with van der Waals surface area (Å²) in [6, 6.07) is 2.26. The van der Waals surface area contributed by atoms with Gasteiger partial charge in [0.25, 0.3) is 0 Å². The molecular weight excluding hydrogens is 158 g/mol. The highest BCUT2D eigenvalue weighted by Crippen LogP contribution is 2.26. The third kappa shape index (κ3) is 1.48. The Balaban J connectivity index is 2.49. The zero-order valence-electron chi connectivity index (χ0n) is 8.72. The molecule has 1 heterocycles. The number of aromatic nitrogens is 1. The molecule has 0 saturated carbocycles. The summed E-state index contributed by atoms with van der Waals surface area (Å²) < 4.78 is 0. The van der Waals surface area contributed by atoms with Gasteiger partial charge in [0.1, 0.15) is 0 Å². The molecule has 0 aliphatic heterocycles. The lowest BCUT2D eigenvalue weighted by atomic mass is 10.0. The fourth-order valence-electron chi connectivity index (χ4n) is 2.07. The average molecular weight is 175 g/mol. The van der Waals surface area contributed by atoms with Gasteiger partial charge >= 0.3 is 0 Å². The number of pyridine rings is 1. The molecule has 0 unspecified atom stereocenters. The molecule has 70 valence electrons. The van der Waals surface area contributed by atoms with Gasteiger partial charge in [-0.1, -0.05) is 13.8 Å². The third-order valence-electron chi connectivity index (χ3n) is 2.88. The maximum atomic E-state index is 4.71. The van der Waals surface area contributed by atoms with Crippen molar-refractivity contribution in [1.82, 2.24) is 4.98 Å². The smallest absolute Gasteiger partial charge is 0.0441 e. The Morgan fingerprint density at radius 1 is 1.31 bits per heavy atom. The lowest BCUT2D eigenvalue weighted by molar-refractivity contribution is 0.804. The first-order chi connectivity index (χ1) is 6.18. The van der Waals surface area contributed by atoms with Gasteiger partial charge in [0.15, 0.2) is 0 Å². The molecule has 1 aromatic heterocycles. The molecule has 0 amide bonds. The van der Waals surface area contributed by atoms with Crippen molar-refractivity contribution >= 4 is 0 Å². The van der Waals surface area contributed by atoms with Crippen molar-refractivity contribution in [1.29, 1.82) is 0 Å². The van der Waals surface area contributed by atoms with Gasteiger partial charge in [-0.15, -0.1) is 0 Å². The maximum Gasteiger partial charge on any atom is 0.0441 e. The molecule has 1 nitrogen and oxygen atoms in total. The Labute approximate surface area is 80.2 Å². The highest BCUT2D eigenvalue weighted by Gasteiger charge is 2.16. The summed E-state index contributed by atoms with van der Waals surface area (Å²) in [5.41, 5.74) is 5.59. The molecule has 0 fully saturated rings. The van der Waals surface area contributed by atoms with E-state index in [-0.39, 0.29) is 0 Å². The number of aryl methyl sites for hydroxylation is 2. The van der Waals surface area contributed by atoms with Gasteiger partial charge in [0.05, 0.1) is 0 Å². The van der Waals surface area contributed by atoms with Gasteiger partial charge in [-0.3, -0.25) is 4.98 Å². The predicted octanol–water partition coefficient (Wildman–Crippen LogP) is 3.00. The zero-order valence-corrected chi connectivity index (χ0v) is 8.72. The van der Waals surface area contributed by atoms with Crippen LogP contribution in [0.15, 0.2) is 6.07 Å². The van der Waals surface area contributed by atoms with E-state index in [0.717, 1.165) is 0 Å². The number of fused-ring (bicyclic) bond motifs is 1. The molecule has 0 spiro atoms. The Kier molecular flexibility index (Phi) is 2.10. The third-order valence-corrected chi connectivity index (χ3v) is 2.88. The molecule has 1 aliphatic carbocycles. The monoisotopic (exact) mass is 175 g/mol. The van der Waals surface area contributed by atoms with E-state index in [4.69, 9.17) is 4.98 Å². The van der Waals surface area contributed by atoms with Crippen LogP contribution in [0.3, 0.4) is 0 Å². The second-order valence-corrected chi connectivity index (χ2v) is 4.30. The second-order valence-electron chi connectivity index (χ2n) is 4.30. The summed E-state index contributed by atoms with van der Waals surface area (Å²) in [4.78, 5) is 4.71. The number of rotatable bonds is 1. The SMILES string of the molecule is Cc1cc(C(C)C)nc2c1CCC2. The molecule has 0 saturated heterocycles. The summed E-state index contributed by atoms with van der Waals surface area (Å²) in [5.74, 6) is 0.560. The van der Waals surface area contributed by atoms with E-state index in [0.29, 0.717) is 5.92 Å². The lowest BCUT2D eigenvalue weighted by Crippen LogP contribution is -1.99. The fraction of sp³-hybridized carbons (Fsp3) is 0.583. The molecule has 0 bridgehead atoms. The van der Waals surface area contributed by atoms with Crippen molar-refractivity contribution in [2.24, 2.45) is 0 Å². The van der Waals surface area contributed by atoms with Crippen LogP contribution in [0.2, 0.25) is 0 Å². The molecular formula is C12H17N. The zero-order chi connectivity index (χ0) is 9.42. The normalized spacial score (nSPS) is 15.1. The van der Waals surface area contributed by atoms with Gasteiger partial charge < -0.3 is 0 Å². The highest BCUT2D eigenvalue weighted by molar-refractivity contribution is 5.35. The van der Waals surface area contributed by atoms with Crippen molar-refractivity contribution in [3.8, 4) is 0 Å². The Morgan fingerprint density at radius 2 is 2.08 bits per heavy atom. The topological polar surface area (TPSA) is 12.9 Å². The van der Waals surface area contributed by atoms with E-state index in [1.54, 1.807) is 0 Å². The molecule has 0 N–H and O–H groups in total. The molecule has 0 radical (unpaired) electrons. The van der Waals surface area contributed by atoms with Crippen molar-refractivity contribution in [3.05, 3.63) is 28.6 Å². The quantitative estimate of drug-likeness (QED) is 0.639. The average Bonchev–Trinajstić information content (AvgIpc) is 2.51. The molecule has 1 heteroatoms.